The van der Waals surface area contributed by atoms with E-state index in [0.717, 1.165) is 18.2 Å². The quantitative estimate of drug-likeness (QED) is 0.911. The highest BCUT2D eigenvalue weighted by Gasteiger charge is 2.22. The van der Waals surface area contributed by atoms with Crippen molar-refractivity contribution in [1.29, 1.82) is 0 Å². The van der Waals surface area contributed by atoms with Gasteiger partial charge in [-0.3, -0.25) is 0 Å². The molecule has 0 aliphatic rings. The molecule has 0 amide bonds. The van der Waals surface area contributed by atoms with Crippen LogP contribution >= 0.6 is 15.9 Å². The Balaban J connectivity index is 2.50. The van der Waals surface area contributed by atoms with Crippen LogP contribution in [0.3, 0.4) is 0 Å². The maximum Gasteiger partial charge on any atom is 0.135 e. The van der Waals surface area contributed by atoms with Gasteiger partial charge >= 0.3 is 0 Å². The molecule has 0 aromatic heterocycles. The molecule has 0 spiro atoms. The van der Waals surface area contributed by atoms with Gasteiger partial charge in [-0.1, -0.05) is 15.9 Å². The first-order chi connectivity index (χ1) is 9.42. The van der Waals surface area contributed by atoms with E-state index < -0.39 is 29.1 Å². The first-order valence-electron chi connectivity index (χ1n) is 5.59. The van der Waals surface area contributed by atoms with Crippen LogP contribution in [0.5, 0.6) is 5.75 Å². The number of hydrogen-bond acceptors (Lipinski definition) is 2. The fourth-order valence-electron chi connectivity index (χ4n) is 1.84. The Kier molecular flexibility index (Phi) is 4.35. The minimum Gasteiger partial charge on any atom is -0.497 e. The summed E-state index contributed by atoms with van der Waals surface area (Å²) >= 11 is 3.06. The van der Waals surface area contributed by atoms with E-state index in [1.165, 1.54) is 19.2 Å². The molecule has 0 aliphatic carbocycles. The van der Waals surface area contributed by atoms with Crippen LogP contribution in [0.2, 0.25) is 0 Å². The van der Waals surface area contributed by atoms with Crippen LogP contribution in [0.25, 0.3) is 0 Å². The number of hydrogen-bond donors (Lipinski definition) is 1. The second-order valence-electron chi connectivity index (χ2n) is 4.11. The van der Waals surface area contributed by atoms with Gasteiger partial charge in [-0.2, -0.15) is 0 Å². The van der Waals surface area contributed by atoms with E-state index in [0.29, 0.717) is 4.47 Å². The third kappa shape index (κ3) is 2.96. The summed E-state index contributed by atoms with van der Waals surface area (Å²) in [6.45, 7) is 0. The van der Waals surface area contributed by atoms with Crippen molar-refractivity contribution in [3.05, 3.63) is 63.4 Å². The highest BCUT2D eigenvalue weighted by molar-refractivity contribution is 9.10. The van der Waals surface area contributed by atoms with Crippen LogP contribution in [0, 0.1) is 17.5 Å². The molecule has 0 aliphatic heterocycles. The minimum atomic E-state index is -1.62. The van der Waals surface area contributed by atoms with Crippen molar-refractivity contribution in [3.63, 3.8) is 0 Å². The van der Waals surface area contributed by atoms with E-state index in [2.05, 4.69) is 15.9 Å². The molecule has 20 heavy (non-hydrogen) atoms. The van der Waals surface area contributed by atoms with Gasteiger partial charge in [0.25, 0.3) is 0 Å². The molecule has 2 nitrogen and oxygen atoms in total. The summed E-state index contributed by atoms with van der Waals surface area (Å²) in [4.78, 5) is 0. The fourth-order valence-corrected chi connectivity index (χ4v) is 2.32. The Hall–Kier alpha value is -1.53. The molecule has 2 aromatic rings. The molecular weight excluding hydrogens is 337 g/mol. The Morgan fingerprint density at radius 1 is 1.05 bits per heavy atom. The first kappa shape index (κ1) is 14.9. The number of methoxy groups -OCH3 is 1. The molecule has 1 atom stereocenters. The summed E-state index contributed by atoms with van der Waals surface area (Å²) in [5, 5.41) is 10.1. The molecular formula is C14H10BrF3O2. The Morgan fingerprint density at radius 2 is 1.65 bits per heavy atom. The molecule has 0 fully saturated rings. The molecule has 0 bridgehead atoms. The van der Waals surface area contributed by atoms with Gasteiger partial charge in [-0.05, 0) is 23.8 Å². The van der Waals surface area contributed by atoms with Gasteiger partial charge < -0.3 is 9.84 Å². The van der Waals surface area contributed by atoms with E-state index in [1.54, 1.807) is 0 Å². The predicted molar refractivity (Wildman–Crippen MR) is 71.1 cm³/mol. The summed E-state index contributed by atoms with van der Waals surface area (Å²) < 4.78 is 46.1. The van der Waals surface area contributed by atoms with Crippen LogP contribution < -0.4 is 4.74 Å². The zero-order valence-corrected chi connectivity index (χ0v) is 11.9. The smallest absolute Gasteiger partial charge is 0.135 e. The van der Waals surface area contributed by atoms with Gasteiger partial charge in [0.15, 0.2) is 0 Å². The van der Waals surface area contributed by atoms with Crippen LogP contribution in [-0.2, 0) is 0 Å². The van der Waals surface area contributed by atoms with Gasteiger partial charge in [0.2, 0.25) is 0 Å². The van der Waals surface area contributed by atoms with Gasteiger partial charge in [0, 0.05) is 16.6 Å². The van der Waals surface area contributed by atoms with Crippen LogP contribution in [0.4, 0.5) is 13.2 Å². The molecule has 0 saturated heterocycles. The monoisotopic (exact) mass is 346 g/mol. The summed E-state index contributed by atoms with van der Waals surface area (Å²) in [5.74, 6) is -2.55. The average molecular weight is 347 g/mol. The molecule has 0 radical (unpaired) electrons. The zero-order valence-electron chi connectivity index (χ0n) is 10.3. The van der Waals surface area contributed by atoms with E-state index in [-0.39, 0.29) is 11.3 Å². The number of halogens is 4. The zero-order chi connectivity index (χ0) is 14.9. The van der Waals surface area contributed by atoms with Gasteiger partial charge in [0.1, 0.15) is 29.3 Å². The normalized spacial score (nSPS) is 12.3. The van der Waals surface area contributed by atoms with Crippen molar-refractivity contribution < 1.29 is 23.0 Å². The average Bonchev–Trinajstić information content (AvgIpc) is 2.36. The van der Waals surface area contributed by atoms with Gasteiger partial charge in [-0.15, -0.1) is 0 Å². The third-order valence-corrected chi connectivity index (χ3v) is 3.22. The van der Waals surface area contributed by atoms with Crippen molar-refractivity contribution in [2.45, 2.75) is 6.10 Å². The lowest BCUT2D eigenvalue weighted by atomic mass is 10.00. The lowest BCUT2D eigenvalue weighted by molar-refractivity contribution is 0.208. The molecule has 2 rings (SSSR count). The number of rotatable bonds is 3. The second-order valence-corrected chi connectivity index (χ2v) is 5.03. The highest BCUT2D eigenvalue weighted by Crippen LogP contribution is 2.31. The van der Waals surface area contributed by atoms with Crippen molar-refractivity contribution >= 4 is 15.9 Å². The van der Waals surface area contributed by atoms with Gasteiger partial charge in [-0.25, -0.2) is 13.2 Å². The van der Waals surface area contributed by atoms with Gasteiger partial charge in [0.05, 0.1) is 12.7 Å². The van der Waals surface area contributed by atoms with Crippen molar-refractivity contribution in [1.82, 2.24) is 0 Å². The molecule has 2 aromatic carbocycles. The topological polar surface area (TPSA) is 29.5 Å². The summed E-state index contributed by atoms with van der Waals surface area (Å²) in [5.41, 5.74) is -0.511. The van der Waals surface area contributed by atoms with E-state index in [1.807, 2.05) is 0 Å². The van der Waals surface area contributed by atoms with E-state index in [4.69, 9.17) is 4.74 Å². The van der Waals surface area contributed by atoms with Crippen LogP contribution in [-0.4, -0.2) is 12.2 Å². The van der Waals surface area contributed by atoms with Crippen LogP contribution in [0.1, 0.15) is 17.2 Å². The van der Waals surface area contributed by atoms with Crippen molar-refractivity contribution in [2.75, 3.05) is 7.11 Å². The summed E-state index contributed by atoms with van der Waals surface area (Å²) in [7, 11) is 1.27. The molecule has 1 unspecified atom stereocenters. The number of ether oxygens (including phenoxy) is 1. The summed E-state index contributed by atoms with van der Waals surface area (Å²) in [6.07, 6.45) is -1.62. The summed E-state index contributed by atoms with van der Waals surface area (Å²) in [6, 6.07) is 5.48. The largest absolute Gasteiger partial charge is 0.497 e. The Morgan fingerprint density at radius 3 is 2.15 bits per heavy atom. The van der Waals surface area contributed by atoms with E-state index >= 15 is 0 Å². The predicted octanol–water partition coefficient (Wildman–Crippen LogP) is 3.96. The highest BCUT2D eigenvalue weighted by atomic mass is 79.9. The minimum absolute atomic E-state index is 0.00336. The fraction of sp³-hybridized carbons (Fsp3) is 0.143. The molecule has 6 heteroatoms. The number of aliphatic hydroxyl groups is 1. The molecule has 106 valence electrons. The molecule has 0 heterocycles. The number of aliphatic hydroxyl groups excluding tert-OH is 1. The second kappa shape index (κ2) is 5.85. The maximum atomic E-state index is 13.8. The Labute approximate surface area is 121 Å². The lowest BCUT2D eigenvalue weighted by Gasteiger charge is -2.15. The lowest BCUT2D eigenvalue weighted by Crippen LogP contribution is -2.07. The SMILES string of the molecule is COc1cc(F)c(C(O)c2cc(F)cc(Br)c2)c(F)c1. The maximum absolute atomic E-state index is 13.8. The van der Waals surface area contributed by atoms with Crippen molar-refractivity contribution in [3.8, 4) is 5.75 Å². The standard InChI is InChI=1S/C14H10BrF3O2/c1-20-10-5-11(17)13(12(18)6-10)14(19)7-2-8(15)4-9(16)3-7/h2-6,14,19H,1H3. The van der Waals surface area contributed by atoms with Crippen molar-refractivity contribution in [2.24, 2.45) is 0 Å². The van der Waals surface area contributed by atoms with Crippen LogP contribution in [0.15, 0.2) is 34.8 Å². The Bertz CT molecular complexity index is 603. The third-order valence-electron chi connectivity index (χ3n) is 2.76. The number of benzene rings is 2. The van der Waals surface area contributed by atoms with E-state index in [9.17, 15) is 18.3 Å². The molecule has 1 N–H and O–H groups in total. The molecule has 0 saturated carbocycles. The first-order valence-corrected chi connectivity index (χ1v) is 6.38.